The second-order valence-corrected chi connectivity index (χ2v) is 9.16. The summed E-state index contributed by atoms with van der Waals surface area (Å²) in [6.45, 7) is 5.35. The molecule has 1 aliphatic rings. The summed E-state index contributed by atoms with van der Waals surface area (Å²) in [4.78, 5) is 28.8. The highest BCUT2D eigenvalue weighted by molar-refractivity contribution is 7.18. The zero-order chi connectivity index (χ0) is 22.4. The molecule has 1 aromatic carbocycles. The van der Waals surface area contributed by atoms with E-state index in [4.69, 9.17) is 22.2 Å². The standard InChI is InChI=1S/C21H28ClN5O3S/c1-3-10-25(2)11-12-27(23)16-6-4-15(5-7-16)26-14-17(30-21(26)29)13-24-20(28)18-8-9-19(22)31-18/h4-9,17H,3,10-14,23H2,1-2H3,(H,24,28). The lowest BCUT2D eigenvalue weighted by molar-refractivity contribution is 0.0920. The molecule has 3 rings (SSSR count). The number of hydrogen-bond acceptors (Lipinski definition) is 7. The van der Waals surface area contributed by atoms with Gasteiger partial charge < -0.3 is 20.0 Å². The number of likely N-dealkylation sites (N-methyl/N-ethyl adjacent to an activating group) is 1. The van der Waals surface area contributed by atoms with E-state index >= 15 is 0 Å². The molecule has 2 amide bonds. The van der Waals surface area contributed by atoms with Crippen LogP contribution in [0.4, 0.5) is 16.2 Å². The van der Waals surface area contributed by atoms with E-state index in [1.807, 2.05) is 24.3 Å². The van der Waals surface area contributed by atoms with Crippen LogP contribution in [0.1, 0.15) is 23.0 Å². The van der Waals surface area contributed by atoms with Crippen LogP contribution in [0, 0.1) is 0 Å². The smallest absolute Gasteiger partial charge is 0.414 e. The van der Waals surface area contributed by atoms with Crippen LogP contribution in [0.15, 0.2) is 36.4 Å². The lowest BCUT2D eigenvalue weighted by atomic mass is 10.2. The molecule has 0 aliphatic carbocycles. The molecule has 0 bridgehead atoms. The number of cyclic esters (lactones) is 1. The summed E-state index contributed by atoms with van der Waals surface area (Å²) >= 11 is 7.07. The number of halogens is 1. The van der Waals surface area contributed by atoms with Crippen LogP contribution in [0.25, 0.3) is 0 Å². The maximum atomic E-state index is 12.3. The van der Waals surface area contributed by atoms with E-state index < -0.39 is 12.2 Å². The Balaban J connectivity index is 1.50. The Morgan fingerprint density at radius 1 is 1.26 bits per heavy atom. The number of carbonyl (C=O) groups is 2. The Hall–Kier alpha value is -2.33. The fourth-order valence-corrected chi connectivity index (χ4v) is 4.25. The lowest BCUT2D eigenvalue weighted by Crippen LogP contribution is -2.38. The molecule has 1 aromatic heterocycles. The molecule has 168 valence electrons. The Labute approximate surface area is 191 Å². The van der Waals surface area contributed by atoms with E-state index in [1.165, 1.54) is 11.3 Å². The number of ether oxygens (including phenoxy) is 1. The maximum Gasteiger partial charge on any atom is 0.414 e. The van der Waals surface area contributed by atoms with E-state index in [9.17, 15) is 9.59 Å². The van der Waals surface area contributed by atoms with Crippen molar-refractivity contribution in [3.05, 3.63) is 45.6 Å². The van der Waals surface area contributed by atoms with Crippen molar-refractivity contribution in [3.8, 4) is 0 Å². The molecule has 1 atom stereocenters. The zero-order valence-electron chi connectivity index (χ0n) is 17.7. The highest BCUT2D eigenvalue weighted by Crippen LogP contribution is 2.25. The van der Waals surface area contributed by atoms with Crippen molar-refractivity contribution in [2.24, 2.45) is 5.84 Å². The molecule has 10 heteroatoms. The van der Waals surface area contributed by atoms with Crippen LogP contribution >= 0.6 is 22.9 Å². The lowest BCUT2D eigenvalue weighted by Gasteiger charge is -2.23. The number of benzene rings is 1. The van der Waals surface area contributed by atoms with Gasteiger partial charge in [-0.25, -0.2) is 10.6 Å². The van der Waals surface area contributed by atoms with Gasteiger partial charge in [0.1, 0.15) is 6.10 Å². The summed E-state index contributed by atoms with van der Waals surface area (Å²) in [6.07, 6.45) is 0.248. The van der Waals surface area contributed by atoms with Gasteiger partial charge in [-0.2, -0.15) is 0 Å². The van der Waals surface area contributed by atoms with Gasteiger partial charge >= 0.3 is 6.09 Å². The van der Waals surface area contributed by atoms with E-state index in [2.05, 4.69) is 24.2 Å². The zero-order valence-corrected chi connectivity index (χ0v) is 19.3. The van der Waals surface area contributed by atoms with Crippen molar-refractivity contribution >= 4 is 46.3 Å². The van der Waals surface area contributed by atoms with E-state index in [1.54, 1.807) is 22.0 Å². The van der Waals surface area contributed by atoms with Gasteiger partial charge in [0, 0.05) is 18.8 Å². The third-order valence-electron chi connectivity index (χ3n) is 4.98. The van der Waals surface area contributed by atoms with Crippen molar-refractivity contribution in [1.82, 2.24) is 10.2 Å². The molecule has 1 aliphatic heterocycles. The fourth-order valence-electron chi connectivity index (χ4n) is 3.29. The SMILES string of the molecule is CCCN(C)CCN(N)c1ccc(N2CC(CNC(=O)c3ccc(Cl)s3)OC2=O)cc1. The van der Waals surface area contributed by atoms with Gasteiger partial charge in [-0.05, 0) is 56.4 Å². The first-order chi connectivity index (χ1) is 14.9. The van der Waals surface area contributed by atoms with Crippen molar-refractivity contribution < 1.29 is 14.3 Å². The van der Waals surface area contributed by atoms with Crippen LogP contribution in [-0.2, 0) is 4.74 Å². The summed E-state index contributed by atoms with van der Waals surface area (Å²) in [5.74, 6) is 5.93. The largest absolute Gasteiger partial charge is 0.442 e. The molecule has 0 radical (unpaired) electrons. The quantitative estimate of drug-likeness (QED) is 0.413. The topological polar surface area (TPSA) is 91.1 Å². The van der Waals surface area contributed by atoms with Gasteiger partial charge in [0.15, 0.2) is 0 Å². The minimum atomic E-state index is -0.433. The number of hydrazine groups is 1. The fraction of sp³-hybridized carbons (Fsp3) is 0.429. The van der Waals surface area contributed by atoms with Gasteiger partial charge in [-0.1, -0.05) is 18.5 Å². The van der Waals surface area contributed by atoms with Crippen molar-refractivity contribution in [1.29, 1.82) is 0 Å². The second-order valence-electron chi connectivity index (χ2n) is 7.44. The highest BCUT2D eigenvalue weighted by Gasteiger charge is 2.32. The number of nitrogens with two attached hydrogens (primary N) is 1. The van der Waals surface area contributed by atoms with Crippen LogP contribution in [0.5, 0.6) is 0 Å². The molecule has 0 saturated carbocycles. The molecule has 2 aromatic rings. The molecule has 2 heterocycles. The number of rotatable bonds is 10. The average molecular weight is 466 g/mol. The molecule has 8 nitrogen and oxygen atoms in total. The molecule has 1 fully saturated rings. The Kier molecular flexibility index (Phi) is 8.14. The van der Waals surface area contributed by atoms with Crippen LogP contribution < -0.4 is 21.1 Å². The Morgan fingerprint density at radius 3 is 2.65 bits per heavy atom. The van der Waals surface area contributed by atoms with Crippen LogP contribution in [0.3, 0.4) is 0 Å². The molecule has 1 saturated heterocycles. The van der Waals surface area contributed by atoms with Gasteiger partial charge in [0.05, 0.1) is 28.0 Å². The van der Waals surface area contributed by atoms with Crippen molar-refractivity contribution in [2.75, 3.05) is 49.7 Å². The van der Waals surface area contributed by atoms with E-state index in [-0.39, 0.29) is 12.5 Å². The predicted octanol–water partition coefficient (Wildman–Crippen LogP) is 3.18. The molecule has 3 N–H and O–H groups in total. The summed E-state index contributed by atoms with van der Waals surface area (Å²) in [6, 6.07) is 10.8. The number of hydrogen-bond donors (Lipinski definition) is 2. The molecular formula is C21H28ClN5O3S. The van der Waals surface area contributed by atoms with Gasteiger partial charge in [0.2, 0.25) is 0 Å². The van der Waals surface area contributed by atoms with Crippen LogP contribution in [0.2, 0.25) is 4.34 Å². The normalized spacial score (nSPS) is 16.0. The Morgan fingerprint density at radius 2 is 2.00 bits per heavy atom. The summed E-state index contributed by atoms with van der Waals surface area (Å²) in [5, 5.41) is 4.49. The monoisotopic (exact) mass is 465 g/mol. The third-order valence-corrected chi connectivity index (χ3v) is 6.21. The number of thiophene rings is 1. The number of amides is 2. The number of nitrogens with one attached hydrogen (secondary N) is 1. The van der Waals surface area contributed by atoms with Crippen LogP contribution in [-0.4, -0.2) is 62.8 Å². The van der Waals surface area contributed by atoms with Gasteiger partial charge in [-0.3, -0.25) is 9.69 Å². The number of nitrogens with zero attached hydrogens (tertiary/aromatic N) is 3. The first-order valence-electron chi connectivity index (χ1n) is 10.2. The maximum absolute atomic E-state index is 12.3. The van der Waals surface area contributed by atoms with Gasteiger partial charge in [0.25, 0.3) is 5.91 Å². The highest BCUT2D eigenvalue weighted by atomic mass is 35.5. The summed E-state index contributed by atoms with van der Waals surface area (Å²) in [5.41, 5.74) is 1.60. The average Bonchev–Trinajstić information content (AvgIpc) is 3.36. The van der Waals surface area contributed by atoms with E-state index in [0.29, 0.717) is 22.3 Å². The predicted molar refractivity (Wildman–Crippen MR) is 125 cm³/mol. The van der Waals surface area contributed by atoms with Gasteiger partial charge in [-0.15, -0.1) is 11.3 Å². The molecule has 0 spiro atoms. The Bertz CT molecular complexity index is 891. The number of carbonyl (C=O) groups excluding carboxylic acids is 2. The minimum Gasteiger partial charge on any atom is -0.442 e. The second kappa shape index (κ2) is 10.8. The number of anilines is 2. The third kappa shape index (κ3) is 6.33. The van der Waals surface area contributed by atoms with Crippen molar-refractivity contribution in [2.45, 2.75) is 19.4 Å². The first kappa shape index (κ1) is 23.3. The summed E-state index contributed by atoms with van der Waals surface area (Å²) < 4.78 is 5.95. The molecule has 31 heavy (non-hydrogen) atoms. The summed E-state index contributed by atoms with van der Waals surface area (Å²) in [7, 11) is 2.08. The molecular weight excluding hydrogens is 438 g/mol. The minimum absolute atomic E-state index is 0.233. The van der Waals surface area contributed by atoms with E-state index in [0.717, 1.165) is 30.9 Å². The molecule has 1 unspecified atom stereocenters. The first-order valence-corrected chi connectivity index (χ1v) is 11.4. The van der Waals surface area contributed by atoms with Crippen molar-refractivity contribution in [3.63, 3.8) is 0 Å².